The summed E-state index contributed by atoms with van der Waals surface area (Å²) < 4.78 is 16.6. The Labute approximate surface area is 231 Å². The molecule has 0 saturated carbocycles. The second-order valence-electron chi connectivity index (χ2n) is 11.6. The van der Waals surface area contributed by atoms with Crippen LogP contribution in [0.15, 0.2) is 79.1 Å². The maximum Gasteiger partial charge on any atom is 0.142 e. The van der Waals surface area contributed by atoms with Crippen molar-refractivity contribution in [2.75, 3.05) is 33.1 Å². The van der Waals surface area contributed by atoms with E-state index in [0.29, 0.717) is 19.4 Å². The number of rotatable bonds is 10. The van der Waals surface area contributed by atoms with Gasteiger partial charge in [0.25, 0.3) is 0 Å². The fraction of sp³-hybridized carbons (Fsp3) is 0.484. The predicted molar refractivity (Wildman–Crippen MR) is 151 cm³/mol. The van der Waals surface area contributed by atoms with Crippen molar-refractivity contribution >= 4 is 0 Å². The van der Waals surface area contributed by atoms with Crippen LogP contribution in [-0.4, -0.2) is 62.0 Å². The highest BCUT2D eigenvalue weighted by molar-refractivity contribution is 5.42. The van der Waals surface area contributed by atoms with E-state index in [1.165, 1.54) is 16.7 Å². The molecule has 2 aromatic heterocycles. The van der Waals surface area contributed by atoms with E-state index in [4.69, 9.17) is 9.47 Å². The van der Waals surface area contributed by atoms with Crippen LogP contribution in [0.2, 0.25) is 0 Å². The molecule has 8 nitrogen and oxygen atoms in total. The average molecular weight is 529 g/mol. The molecule has 1 atom stereocenters. The molecule has 1 aliphatic carbocycles. The minimum Gasteiger partial charge on any atom is -0.478 e. The summed E-state index contributed by atoms with van der Waals surface area (Å²) >= 11 is 0. The minimum absolute atomic E-state index is 0.00252. The highest BCUT2D eigenvalue weighted by Crippen LogP contribution is 2.42. The Morgan fingerprint density at radius 3 is 2.26 bits per heavy atom. The van der Waals surface area contributed by atoms with Gasteiger partial charge in [-0.25, -0.2) is 9.97 Å². The molecule has 4 heterocycles. The number of aromatic nitrogens is 4. The van der Waals surface area contributed by atoms with E-state index >= 15 is 0 Å². The van der Waals surface area contributed by atoms with Gasteiger partial charge in [-0.15, -0.1) is 0 Å². The topological polar surface area (TPSA) is 60.6 Å². The molecule has 6 rings (SSSR count). The van der Waals surface area contributed by atoms with Crippen molar-refractivity contribution in [1.82, 2.24) is 28.9 Å². The lowest BCUT2D eigenvalue weighted by molar-refractivity contribution is 0.0565. The summed E-state index contributed by atoms with van der Waals surface area (Å²) in [6.07, 6.45) is 19.3. The zero-order chi connectivity index (χ0) is 26.7. The van der Waals surface area contributed by atoms with Crippen LogP contribution in [0.1, 0.15) is 44.2 Å². The van der Waals surface area contributed by atoms with Crippen LogP contribution in [0.3, 0.4) is 0 Å². The third-order valence-electron chi connectivity index (χ3n) is 8.54. The molecule has 206 valence electrons. The number of benzene rings is 1. The maximum absolute atomic E-state index is 6.16. The Morgan fingerprint density at radius 1 is 0.872 bits per heavy atom. The van der Waals surface area contributed by atoms with Crippen LogP contribution in [-0.2, 0) is 29.8 Å². The molecule has 39 heavy (non-hydrogen) atoms. The van der Waals surface area contributed by atoms with E-state index in [-0.39, 0.29) is 5.41 Å². The van der Waals surface area contributed by atoms with Crippen LogP contribution in [0.4, 0.5) is 0 Å². The van der Waals surface area contributed by atoms with Gasteiger partial charge in [-0.2, -0.15) is 0 Å². The van der Waals surface area contributed by atoms with Gasteiger partial charge in [0.15, 0.2) is 0 Å². The summed E-state index contributed by atoms with van der Waals surface area (Å²) in [4.78, 5) is 13.1. The van der Waals surface area contributed by atoms with Gasteiger partial charge >= 0.3 is 0 Å². The first kappa shape index (κ1) is 25.9. The van der Waals surface area contributed by atoms with Crippen LogP contribution < -0.4 is 4.74 Å². The quantitative estimate of drug-likeness (QED) is 0.376. The van der Waals surface area contributed by atoms with Crippen molar-refractivity contribution in [2.24, 2.45) is 5.92 Å². The van der Waals surface area contributed by atoms with Crippen LogP contribution in [0, 0.1) is 5.92 Å². The largest absolute Gasteiger partial charge is 0.478 e. The molecule has 2 aliphatic heterocycles. The molecule has 0 spiro atoms. The Morgan fingerprint density at radius 2 is 1.56 bits per heavy atom. The smallest absolute Gasteiger partial charge is 0.142 e. The number of ether oxygens (including phenoxy) is 2. The molecule has 8 heteroatoms. The molecule has 0 bridgehead atoms. The first-order valence-electron chi connectivity index (χ1n) is 14.2. The Bertz CT molecular complexity index is 1290. The number of allylic oxidation sites excluding steroid dienone is 2. The van der Waals surface area contributed by atoms with Gasteiger partial charge in [0.05, 0.1) is 12.7 Å². The second kappa shape index (κ2) is 11.4. The molecule has 1 unspecified atom stereocenters. The number of hydrogen-bond donors (Lipinski definition) is 0. The summed E-state index contributed by atoms with van der Waals surface area (Å²) in [7, 11) is 0. The molecular formula is C31H40N6O2. The summed E-state index contributed by atoms with van der Waals surface area (Å²) in [5.74, 6) is 2.52. The zero-order valence-corrected chi connectivity index (χ0v) is 23.2. The van der Waals surface area contributed by atoms with E-state index in [0.717, 1.165) is 70.0 Å². The summed E-state index contributed by atoms with van der Waals surface area (Å²) in [5, 5.41) is 0. The van der Waals surface area contributed by atoms with Crippen LogP contribution >= 0.6 is 0 Å². The fourth-order valence-electron chi connectivity index (χ4n) is 6.01. The minimum atomic E-state index is -0.00252. The van der Waals surface area contributed by atoms with Crippen molar-refractivity contribution in [2.45, 2.75) is 58.2 Å². The zero-order valence-electron chi connectivity index (χ0n) is 23.2. The predicted octanol–water partition coefficient (Wildman–Crippen LogP) is 4.81. The Hall–Kier alpha value is -3.36. The third kappa shape index (κ3) is 5.97. The lowest BCUT2D eigenvalue weighted by atomic mass is 9.69. The Kier molecular flexibility index (Phi) is 7.57. The van der Waals surface area contributed by atoms with Gasteiger partial charge in [0.1, 0.15) is 25.0 Å². The third-order valence-corrected chi connectivity index (χ3v) is 8.54. The Balaban J connectivity index is 1.06. The molecule has 0 radical (unpaired) electrons. The van der Waals surface area contributed by atoms with Gasteiger partial charge in [-0.3, -0.25) is 9.80 Å². The lowest BCUT2D eigenvalue weighted by Gasteiger charge is -2.39. The molecule has 0 N–H and O–H groups in total. The first-order valence-corrected chi connectivity index (χ1v) is 14.2. The number of aryl methyl sites for hydroxylation is 2. The van der Waals surface area contributed by atoms with E-state index in [9.17, 15) is 0 Å². The van der Waals surface area contributed by atoms with Gasteiger partial charge in [0.2, 0.25) is 0 Å². The van der Waals surface area contributed by atoms with Crippen molar-refractivity contribution in [3.8, 4) is 5.75 Å². The van der Waals surface area contributed by atoms with Crippen molar-refractivity contribution in [1.29, 1.82) is 0 Å². The number of nitrogens with zero attached hydrogens (tertiary/aromatic N) is 6. The molecule has 0 saturated heterocycles. The molecule has 3 aromatic rings. The number of hydrogen-bond acceptors (Lipinski definition) is 6. The standard InChI is InChI=1S/C31H40N6O2/c1-31(2,27-5-7-29-25(17-27)19-36(23-38-29)13-3-11-34-15-9-32-21-34)28-6-8-30-26(18-28)20-37(24-39-30)14-4-12-35-16-10-33-22-35/h5-10,15-17,21-22,28H,3-4,11-14,18-20,23-24H2,1-2H3. The van der Waals surface area contributed by atoms with Gasteiger partial charge in [0, 0.05) is 69.6 Å². The van der Waals surface area contributed by atoms with Crippen LogP contribution in [0.25, 0.3) is 0 Å². The van der Waals surface area contributed by atoms with E-state index in [2.05, 4.69) is 73.1 Å². The fourth-order valence-corrected chi connectivity index (χ4v) is 6.01. The van der Waals surface area contributed by atoms with Gasteiger partial charge < -0.3 is 18.6 Å². The maximum atomic E-state index is 6.16. The van der Waals surface area contributed by atoms with E-state index < -0.39 is 0 Å². The monoisotopic (exact) mass is 528 g/mol. The van der Waals surface area contributed by atoms with Crippen molar-refractivity contribution < 1.29 is 9.47 Å². The number of imidazole rings is 2. The second-order valence-corrected chi connectivity index (χ2v) is 11.6. The van der Waals surface area contributed by atoms with Gasteiger partial charge in [-0.05, 0) is 53.9 Å². The van der Waals surface area contributed by atoms with Crippen LogP contribution in [0.5, 0.6) is 5.75 Å². The molecular weight excluding hydrogens is 488 g/mol. The lowest BCUT2D eigenvalue weighted by Crippen LogP contribution is -2.38. The first-order chi connectivity index (χ1) is 19.0. The van der Waals surface area contributed by atoms with Crippen molar-refractivity contribution in [3.05, 3.63) is 90.3 Å². The van der Waals surface area contributed by atoms with Crippen molar-refractivity contribution in [3.63, 3.8) is 0 Å². The van der Waals surface area contributed by atoms with E-state index in [1.54, 1.807) is 0 Å². The molecule has 1 aromatic carbocycles. The highest BCUT2D eigenvalue weighted by atomic mass is 16.5. The number of fused-ring (bicyclic) bond motifs is 1. The summed E-state index contributed by atoms with van der Waals surface area (Å²) in [6, 6.07) is 6.83. The summed E-state index contributed by atoms with van der Waals surface area (Å²) in [6.45, 7) is 12.0. The molecule has 0 amide bonds. The average Bonchev–Trinajstić information content (AvgIpc) is 3.67. The SMILES string of the molecule is CC(C)(c1ccc2c(c1)CN(CCCn1ccnc1)CO2)C1C=CC2=C(C1)CN(CCCn1ccnc1)CO2. The summed E-state index contributed by atoms with van der Waals surface area (Å²) in [5.41, 5.74) is 4.09. The molecule has 3 aliphatic rings. The van der Waals surface area contributed by atoms with Gasteiger partial charge in [-0.1, -0.05) is 32.1 Å². The highest BCUT2D eigenvalue weighted by Gasteiger charge is 2.35. The molecule has 0 fully saturated rings. The van der Waals surface area contributed by atoms with E-state index in [1.807, 2.05) is 37.4 Å². The normalized spacial score (nSPS) is 19.9.